The molecule has 0 aliphatic rings. The lowest BCUT2D eigenvalue weighted by molar-refractivity contribution is -0.112. The number of carbonyl (C=O) groups excluding carboxylic acids is 3. The van der Waals surface area contributed by atoms with E-state index in [0.717, 1.165) is 24.9 Å². The summed E-state index contributed by atoms with van der Waals surface area (Å²) in [5.74, 6) is -3.39. The molecule has 1 heterocycles. The van der Waals surface area contributed by atoms with Gasteiger partial charge < -0.3 is 10.1 Å². The van der Waals surface area contributed by atoms with Crippen molar-refractivity contribution in [3.8, 4) is 5.69 Å². The molecule has 0 unspecified atom stereocenters. The van der Waals surface area contributed by atoms with E-state index in [1.807, 2.05) is 30.3 Å². The molecular formula is C21H18FN3O4. The molecule has 1 aromatic heterocycles. The van der Waals surface area contributed by atoms with Crippen LogP contribution in [0.1, 0.15) is 32.1 Å². The van der Waals surface area contributed by atoms with Crippen LogP contribution < -0.4 is 5.32 Å². The highest BCUT2D eigenvalue weighted by atomic mass is 19.1. The monoisotopic (exact) mass is 395 g/mol. The number of ketones is 1. The molecule has 3 aromatic rings. The maximum atomic E-state index is 13.7. The van der Waals surface area contributed by atoms with Crippen LogP contribution in [0, 0.1) is 19.7 Å². The summed E-state index contributed by atoms with van der Waals surface area (Å²) in [6.45, 7) is 3.33. The first-order chi connectivity index (χ1) is 13.8. The van der Waals surface area contributed by atoms with Gasteiger partial charge in [0.1, 0.15) is 5.82 Å². The molecule has 0 fully saturated rings. The Morgan fingerprint density at radius 2 is 1.76 bits per heavy atom. The number of halogens is 1. The number of ether oxygens (including phenoxy) is 1. The van der Waals surface area contributed by atoms with E-state index in [1.165, 1.54) is 6.07 Å². The van der Waals surface area contributed by atoms with Gasteiger partial charge in [0.25, 0.3) is 11.7 Å². The van der Waals surface area contributed by atoms with Crippen LogP contribution in [0.15, 0.2) is 48.5 Å². The lowest BCUT2D eigenvalue weighted by Crippen LogP contribution is -2.24. The smallest absolute Gasteiger partial charge is 0.340 e. The number of anilines is 1. The zero-order chi connectivity index (χ0) is 21.1. The first-order valence-electron chi connectivity index (χ1n) is 8.68. The highest BCUT2D eigenvalue weighted by Crippen LogP contribution is 2.20. The number of aromatic nitrogens is 2. The summed E-state index contributed by atoms with van der Waals surface area (Å²) in [5.41, 5.74) is 1.61. The van der Waals surface area contributed by atoms with E-state index in [1.54, 1.807) is 18.5 Å². The third-order valence-corrected chi connectivity index (χ3v) is 4.35. The van der Waals surface area contributed by atoms with Crippen LogP contribution in [0.25, 0.3) is 5.69 Å². The van der Waals surface area contributed by atoms with E-state index in [9.17, 15) is 18.8 Å². The lowest BCUT2D eigenvalue weighted by atomic mass is 10.1. The normalized spacial score (nSPS) is 10.5. The van der Waals surface area contributed by atoms with Gasteiger partial charge in [0, 0.05) is 5.69 Å². The molecule has 148 valence electrons. The largest absolute Gasteiger partial charge is 0.465 e. The van der Waals surface area contributed by atoms with Gasteiger partial charge in [-0.2, -0.15) is 5.10 Å². The molecule has 29 heavy (non-hydrogen) atoms. The Morgan fingerprint density at radius 3 is 2.41 bits per heavy atom. The van der Waals surface area contributed by atoms with E-state index in [0.29, 0.717) is 11.4 Å². The van der Waals surface area contributed by atoms with Crippen molar-refractivity contribution in [1.82, 2.24) is 9.78 Å². The second kappa shape index (κ2) is 8.05. The van der Waals surface area contributed by atoms with E-state index in [4.69, 9.17) is 0 Å². The third kappa shape index (κ3) is 3.91. The molecule has 3 rings (SSSR count). The fourth-order valence-electron chi connectivity index (χ4n) is 2.96. The van der Waals surface area contributed by atoms with Gasteiger partial charge in [-0.15, -0.1) is 0 Å². The van der Waals surface area contributed by atoms with Crippen LogP contribution >= 0.6 is 0 Å². The number of nitrogens with one attached hydrogen (secondary N) is 1. The van der Waals surface area contributed by atoms with Gasteiger partial charge in [0.15, 0.2) is 0 Å². The number of amides is 1. The summed E-state index contributed by atoms with van der Waals surface area (Å²) in [6, 6.07) is 12.6. The number of methoxy groups -OCH3 is 1. The molecule has 0 aliphatic heterocycles. The number of esters is 1. The number of Topliss-reactive ketones (excluding diaryl/α,β-unsaturated/α-hetero) is 1. The highest BCUT2D eigenvalue weighted by Gasteiger charge is 2.25. The Labute approximate surface area is 166 Å². The van der Waals surface area contributed by atoms with Crippen molar-refractivity contribution in [2.24, 2.45) is 0 Å². The van der Waals surface area contributed by atoms with E-state index < -0.39 is 23.5 Å². The number of carbonyl (C=O) groups is 3. The molecule has 1 amide bonds. The maximum Gasteiger partial charge on any atom is 0.340 e. The van der Waals surface area contributed by atoms with Gasteiger partial charge in [-0.25, -0.2) is 13.9 Å². The molecule has 0 saturated carbocycles. The van der Waals surface area contributed by atoms with Crippen molar-refractivity contribution in [1.29, 1.82) is 0 Å². The van der Waals surface area contributed by atoms with E-state index in [2.05, 4.69) is 15.2 Å². The number of rotatable bonds is 5. The van der Waals surface area contributed by atoms with E-state index >= 15 is 0 Å². The minimum atomic E-state index is -0.925. The van der Waals surface area contributed by atoms with Crippen molar-refractivity contribution < 1.29 is 23.5 Å². The molecule has 1 N–H and O–H groups in total. The quantitative estimate of drug-likeness (QED) is 0.407. The van der Waals surface area contributed by atoms with Gasteiger partial charge in [-0.1, -0.05) is 18.2 Å². The number of para-hydroxylation sites is 1. The Kier molecular flexibility index (Phi) is 5.54. The van der Waals surface area contributed by atoms with Gasteiger partial charge in [-0.3, -0.25) is 9.59 Å². The van der Waals surface area contributed by atoms with Gasteiger partial charge >= 0.3 is 5.97 Å². The number of hydrogen-bond donors (Lipinski definition) is 1. The number of benzene rings is 2. The molecule has 0 aliphatic carbocycles. The second-order valence-corrected chi connectivity index (χ2v) is 6.26. The summed E-state index contributed by atoms with van der Waals surface area (Å²) >= 11 is 0. The molecule has 0 atom stereocenters. The van der Waals surface area contributed by atoms with Crippen LogP contribution in [0.3, 0.4) is 0 Å². The third-order valence-electron chi connectivity index (χ3n) is 4.35. The van der Waals surface area contributed by atoms with Gasteiger partial charge in [0.05, 0.1) is 35.3 Å². The molecule has 7 nitrogen and oxygen atoms in total. The minimum absolute atomic E-state index is 0.0934. The zero-order valence-electron chi connectivity index (χ0n) is 16.0. The number of aryl methyl sites for hydroxylation is 1. The molecule has 8 heteroatoms. The zero-order valence-corrected chi connectivity index (χ0v) is 16.0. The van der Waals surface area contributed by atoms with Crippen LogP contribution in [-0.4, -0.2) is 34.6 Å². The number of hydrogen-bond acceptors (Lipinski definition) is 5. The Balaban J connectivity index is 1.88. The molecular weight excluding hydrogens is 377 g/mol. The predicted molar refractivity (Wildman–Crippen MR) is 104 cm³/mol. The molecule has 0 saturated heterocycles. The summed E-state index contributed by atoms with van der Waals surface area (Å²) in [7, 11) is 1.12. The molecule has 0 radical (unpaired) electrons. The summed E-state index contributed by atoms with van der Waals surface area (Å²) in [5, 5.41) is 6.75. The highest BCUT2D eigenvalue weighted by molar-refractivity contribution is 6.47. The fourth-order valence-corrected chi connectivity index (χ4v) is 2.96. The van der Waals surface area contributed by atoms with Gasteiger partial charge in [0.2, 0.25) is 0 Å². The van der Waals surface area contributed by atoms with Crippen molar-refractivity contribution in [2.45, 2.75) is 13.8 Å². The van der Waals surface area contributed by atoms with Gasteiger partial charge in [-0.05, 0) is 44.2 Å². The SMILES string of the molecule is COC(=O)c1cc(NC(=O)C(=O)c2c(C)nn(-c3ccccc3)c2C)ccc1F. The van der Waals surface area contributed by atoms with Crippen LogP contribution in [0.2, 0.25) is 0 Å². The first kappa shape index (κ1) is 19.9. The van der Waals surface area contributed by atoms with Crippen molar-refractivity contribution in [2.75, 3.05) is 12.4 Å². The Morgan fingerprint density at radius 1 is 1.07 bits per heavy atom. The summed E-state index contributed by atoms with van der Waals surface area (Å²) in [6.07, 6.45) is 0. The van der Waals surface area contributed by atoms with Crippen LogP contribution in [0.5, 0.6) is 0 Å². The Hall–Kier alpha value is -3.81. The van der Waals surface area contributed by atoms with Crippen molar-refractivity contribution in [3.05, 3.63) is 76.9 Å². The van der Waals surface area contributed by atoms with Crippen LogP contribution in [0.4, 0.5) is 10.1 Å². The average Bonchev–Trinajstić information content (AvgIpc) is 3.02. The van der Waals surface area contributed by atoms with Crippen molar-refractivity contribution in [3.63, 3.8) is 0 Å². The second-order valence-electron chi connectivity index (χ2n) is 6.26. The predicted octanol–water partition coefficient (Wildman–Crippen LogP) is 3.24. The Bertz CT molecular complexity index is 1110. The molecule has 0 bridgehead atoms. The minimum Gasteiger partial charge on any atom is -0.465 e. The summed E-state index contributed by atoms with van der Waals surface area (Å²) < 4.78 is 19.8. The molecule has 2 aromatic carbocycles. The van der Waals surface area contributed by atoms with Crippen LogP contribution in [-0.2, 0) is 9.53 Å². The maximum absolute atomic E-state index is 13.7. The molecule has 0 spiro atoms. The standard InChI is InChI=1S/C21H18FN3O4/c1-12-18(13(2)25(24-12)15-7-5-4-6-8-15)19(26)20(27)23-14-9-10-17(22)16(11-14)21(28)29-3/h4-11H,1-3H3,(H,23,27). The topological polar surface area (TPSA) is 90.3 Å². The fraction of sp³-hybridized carbons (Fsp3) is 0.143. The lowest BCUT2D eigenvalue weighted by Gasteiger charge is -2.08. The average molecular weight is 395 g/mol. The summed E-state index contributed by atoms with van der Waals surface area (Å²) in [4.78, 5) is 36.8. The first-order valence-corrected chi connectivity index (χ1v) is 8.68. The van der Waals surface area contributed by atoms with E-state index in [-0.39, 0.29) is 16.8 Å². The number of nitrogens with zero attached hydrogens (tertiary/aromatic N) is 2. The van der Waals surface area contributed by atoms with Crippen molar-refractivity contribution >= 4 is 23.3 Å².